The van der Waals surface area contributed by atoms with Gasteiger partial charge in [-0.05, 0) is 84.0 Å². The molecule has 0 aliphatic heterocycles. The zero-order valence-corrected chi connectivity index (χ0v) is 26.3. The predicted octanol–water partition coefficient (Wildman–Crippen LogP) is 8.74. The second-order valence-corrected chi connectivity index (χ2v) is 11.6. The summed E-state index contributed by atoms with van der Waals surface area (Å²) in [4.78, 5) is 25.5. The van der Waals surface area contributed by atoms with E-state index in [1.165, 1.54) is 5.56 Å². The van der Waals surface area contributed by atoms with E-state index in [9.17, 15) is 14.7 Å². The van der Waals surface area contributed by atoms with Crippen molar-refractivity contribution < 1.29 is 24.2 Å². The number of carbonyl (C=O) groups excluding carboxylic acids is 1. The van der Waals surface area contributed by atoms with Crippen LogP contribution in [0.3, 0.4) is 0 Å². The molecule has 0 aromatic heterocycles. The summed E-state index contributed by atoms with van der Waals surface area (Å²) in [6, 6.07) is 39.4. The monoisotopic (exact) mass is 663 g/mol. The molecule has 7 heteroatoms. The smallest absolute Gasteiger partial charge is 0.326 e. The third-order valence-electron chi connectivity index (χ3n) is 7.31. The molecule has 0 heterocycles. The standard InChI is InChI=1S/C38H34BrNO5/c39-31-20-23-36(44-24-8-7-11-27-9-3-1-4-10-27)34(26-31)37(41)40-35(38(42)43)25-28-14-16-29(17-15-28)30-18-21-33(22-19-30)45-32-12-5-2-6-13-32/h1-6,9-10,12-23,26,35H,7-8,11,24-25H2,(H,40,41)(H,42,43)/t35-/m0/s1. The average molecular weight is 665 g/mol. The number of carbonyl (C=O) groups is 2. The van der Waals surface area contributed by atoms with Crippen LogP contribution in [0.1, 0.15) is 34.3 Å². The number of benzene rings is 5. The maximum Gasteiger partial charge on any atom is 0.326 e. The summed E-state index contributed by atoms with van der Waals surface area (Å²) in [7, 11) is 0. The lowest BCUT2D eigenvalue weighted by molar-refractivity contribution is -0.139. The lowest BCUT2D eigenvalue weighted by Crippen LogP contribution is -2.42. The zero-order valence-electron chi connectivity index (χ0n) is 24.7. The van der Waals surface area contributed by atoms with E-state index in [0.29, 0.717) is 16.8 Å². The largest absolute Gasteiger partial charge is 0.493 e. The van der Waals surface area contributed by atoms with E-state index in [2.05, 4.69) is 33.4 Å². The molecule has 1 amide bonds. The van der Waals surface area contributed by atoms with Crippen molar-refractivity contribution >= 4 is 27.8 Å². The highest BCUT2D eigenvalue weighted by Crippen LogP contribution is 2.27. The Labute approximate surface area is 271 Å². The molecule has 0 spiro atoms. The number of nitrogens with one attached hydrogen (secondary N) is 1. The summed E-state index contributed by atoms with van der Waals surface area (Å²) in [5.41, 5.74) is 4.35. The van der Waals surface area contributed by atoms with Crippen LogP contribution in [0.4, 0.5) is 0 Å². The van der Waals surface area contributed by atoms with Crippen LogP contribution in [0, 0.1) is 0 Å². The van der Waals surface area contributed by atoms with Gasteiger partial charge in [0.1, 0.15) is 23.3 Å². The Morgan fingerprint density at radius 1 is 0.711 bits per heavy atom. The van der Waals surface area contributed by atoms with Gasteiger partial charge in [-0.1, -0.05) is 101 Å². The van der Waals surface area contributed by atoms with Gasteiger partial charge < -0.3 is 19.9 Å². The van der Waals surface area contributed by atoms with E-state index >= 15 is 0 Å². The molecule has 5 aromatic carbocycles. The molecule has 0 saturated carbocycles. The van der Waals surface area contributed by atoms with Crippen LogP contribution in [-0.4, -0.2) is 29.6 Å². The van der Waals surface area contributed by atoms with Gasteiger partial charge in [0.25, 0.3) is 5.91 Å². The first kappa shape index (κ1) is 31.5. The molecule has 0 aliphatic rings. The fourth-order valence-corrected chi connectivity index (χ4v) is 5.27. The van der Waals surface area contributed by atoms with E-state index < -0.39 is 17.9 Å². The molecule has 0 unspecified atom stereocenters. The molecule has 6 nitrogen and oxygen atoms in total. The SMILES string of the molecule is O=C(N[C@@H](Cc1ccc(-c2ccc(Oc3ccccc3)cc2)cc1)C(=O)O)c1cc(Br)ccc1OCCCCc1ccccc1. The van der Waals surface area contributed by atoms with Crippen LogP contribution in [0.15, 0.2) is 132 Å². The second-order valence-electron chi connectivity index (χ2n) is 10.6. The van der Waals surface area contributed by atoms with Crippen molar-refractivity contribution in [1.82, 2.24) is 5.32 Å². The molecule has 0 saturated heterocycles. The van der Waals surface area contributed by atoms with Crippen molar-refractivity contribution in [2.24, 2.45) is 0 Å². The molecule has 45 heavy (non-hydrogen) atoms. The van der Waals surface area contributed by atoms with E-state index in [1.807, 2.05) is 97.1 Å². The molecular weight excluding hydrogens is 630 g/mol. The highest BCUT2D eigenvalue weighted by molar-refractivity contribution is 9.10. The van der Waals surface area contributed by atoms with Gasteiger partial charge >= 0.3 is 5.97 Å². The van der Waals surface area contributed by atoms with E-state index in [-0.39, 0.29) is 12.0 Å². The van der Waals surface area contributed by atoms with Crippen molar-refractivity contribution in [2.45, 2.75) is 31.7 Å². The molecule has 5 aromatic rings. The van der Waals surface area contributed by atoms with Gasteiger partial charge in [-0.3, -0.25) is 4.79 Å². The summed E-state index contributed by atoms with van der Waals surface area (Å²) in [5.74, 6) is 0.317. The third kappa shape index (κ3) is 9.30. The van der Waals surface area contributed by atoms with Crippen LogP contribution in [0.5, 0.6) is 17.2 Å². The number of carboxylic acid groups (broad SMARTS) is 1. The van der Waals surface area contributed by atoms with Gasteiger partial charge in [-0.2, -0.15) is 0 Å². The summed E-state index contributed by atoms with van der Waals surface area (Å²) < 4.78 is 12.5. The van der Waals surface area contributed by atoms with Crippen LogP contribution < -0.4 is 14.8 Å². The Morgan fingerprint density at radius 3 is 2.00 bits per heavy atom. The van der Waals surface area contributed by atoms with Crippen LogP contribution >= 0.6 is 15.9 Å². The minimum Gasteiger partial charge on any atom is -0.493 e. The lowest BCUT2D eigenvalue weighted by Gasteiger charge is -2.17. The number of carboxylic acids is 1. The highest BCUT2D eigenvalue weighted by atomic mass is 79.9. The number of rotatable bonds is 14. The van der Waals surface area contributed by atoms with Gasteiger partial charge in [0.05, 0.1) is 12.2 Å². The molecule has 0 bridgehead atoms. The van der Waals surface area contributed by atoms with Gasteiger partial charge in [0, 0.05) is 10.9 Å². The number of aryl methyl sites for hydroxylation is 1. The maximum absolute atomic E-state index is 13.3. The van der Waals surface area contributed by atoms with Crippen LogP contribution in [0.25, 0.3) is 11.1 Å². The first-order valence-electron chi connectivity index (χ1n) is 14.9. The van der Waals surface area contributed by atoms with Crippen LogP contribution in [0.2, 0.25) is 0 Å². The van der Waals surface area contributed by atoms with Crippen LogP contribution in [-0.2, 0) is 17.6 Å². The van der Waals surface area contributed by atoms with Crippen molar-refractivity contribution in [3.8, 4) is 28.4 Å². The molecule has 228 valence electrons. The quantitative estimate of drug-likeness (QED) is 0.116. The van der Waals surface area contributed by atoms with Crippen molar-refractivity contribution in [3.63, 3.8) is 0 Å². The minimum atomic E-state index is -1.12. The normalized spacial score (nSPS) is 11.4. The maximum atomic E-state index is 13.3. The third-order valence-corrected chi connectivity index (χ3v) is 7.80. The fourth-order valence-electron chi connectivity index (χ4n) is 4.91. The van der Waals surface area contributed by atoms with Crippen molar-refractivity contribution in [3.05, 3.63) is 149 Å². The number of para-hydroxylation sites is 1. The Balaban J connectivity index is 1.17. The van der Waals surface area contributed by atoms with Crippen molar-refractivity contribution in [2.75, 3.05) is 6.61 Å². The Hall–Kier alpha value is -4.88. The Morgan fingerprint density at radius 2 is 1.33 bits per heavy atom. The molecule has 0 fully saturated rings. The van der Waals surface area contributed by atoms with E-state index in [1.54, 1.807) is 18.2 Å². The van der Waals surface area contributed by atoms with Gasteiger partial charge in [-0.25, -0.2) is 4.79 Å². The number of ether oxygens (including phenoxy) is 2. The topological polar surface area (TPSA) is 84.9 Å². The number of halogens is 1. The zero-order chi connectivity index (χ0) is 31.4. The second kappa shape index (κ2) is 15.7. The van der Waals surface area contributed by atoms with E-state index in [4.69, 9.17) is 9.47 Å². The number of hydrogen-bond donors (Lipinski definition) is 2. The molecule has 0 radical (unpaired) electrons. The molecule has 1 atom stereocenters. The summed E-state index contributed by atoms with van der Waals surface area (Å²) in [6.45, 7) is 0.451. The van der Waals surface area contributed by atoms with Crippen molar-refractivity contribution in [1.29, 1.82) is 0 Å². The number of amides is 1. The van der Waals surface area contributed by atoms with Gasteiger partial charge in [0.15, 0.2) is 0 Å². The first-order valence-corrected chi connectivity index (χ1v) is 15.7. The highest BCUT2D eigenvalue weighted by Gasteiger charge is 2.23. The molecular formula is C38H34BrNO5. The molecule has 5 rings (SSSR count). The first-order chi connectivity index (χ1) is 21.9. The number of aliphatic carboxylic acids is 1. The van der Waals surface area contributed by atoms with Gasteiger partial charge in [-0.15, -0.1) is 0 Å². The number of unbranched alkanes of at least 4 members (excludes halogenated alkanes) is 1. The summed E-state index contributed by atoms with van der Waals surface area (Å²) in [5, 5.41) is 12.6. The predicted molar refractivity (Wildman–Crippen MR) is 180 cm³/mol. The summed E-state index contributed by atoms with van der Waals surface area (Å²) in [6.07, 6.45) is 2.87. The lowest BCUT2D eigenvalue weighted by atomic mass is 10.0. The number of hydrogen-bond acceptors (Lipinski definition) is 4. The average Bonchev–Trinajstić information content (AvgIpc) is 3.06. The fraction of sp³-hybridized carbons (Fsp3) is 0.158. The van der Waals surface area contributed by atoms with Gasteiger partial charge in [0.2, 0.25) is 0 Å². The molecule has 0 aliphatic carbocycles. The Kier molecular flexibility index (Phi) is 11.0. The van der Waals surface area contributed by atoms with E-state index in [0.717, 1.165) is 47.5 Å². The molecule has 2 N–H and O–H groups in total. The summed E-state index contributed by atoms with van der Waals surface area (Å²) >= 11 is 3.42. The Bertz CT molecular complexity index is 1690. The minimum absolute atomic E-state index is 0.134.